The van der Waals surface area contributed by atoms with Crippen molar-refractivity contribution in [3.05, 3.63) is 84.4 Å². The summed E-state index contributed by atoms with van der Waals surface area (Å²) >= 11 is 0. The molecule has 3 rings (SSSR count). The molecule has 0 aromatic heterocycles. The van der Waals surface area contributed by atoms with Crippen molar-refractivity contribution in [3.63, 3.8) is 0 Å². The number of esters is 1. The summed E-state index contributed by atoms with van der Waals surface area (Å²) in [5.74, 6) is -1.06. The van der Waals surface area contributed by atoms with Crippen LogP contribution in [0.15, 0.2) is 78.9 Å². The largest absolute Gasteiger partial charge is 0.457 e. The standard InChI is InChI=1S/C24H20F2N2O6/c25-24(26)34-20-8-4-5-16(13-20)23(31)27-14-22(30)32-15-21(29)28-17-9-11-19(12-10-17)33-18-6-2-1-3-7-18/h1-13,24H,14-15H2,(H,27,31)(H,28,29). The zero-order valence-corrected chi connectivity index (χ0v) is 17.7. The van der Waals surface area contributed by atoms with Crippen molar-refractivity contribution in [2.75, 3.05) is 18.5 Å². The molecule has 0 heterocycles. The van der Waals surface area contributed by atoms with Crippen LogP contribution < -0.4 is 20.1 Å². The average molecular weight is 470 g/mol. The Morgan fingerprint density at radius 3 is 2.21 bits per heavy atom. The molecule has 0 atom stereocenters. The minimum absolute atomic E-state index is 0.0170. The SMILES string of the molecule is O=C(COC(=O)CNC(=O)c1cccc(OC(F)F)c1)Nc1ccc(Oc2ccccc2)cc1. The normalized spacial score (nSPS) is 10.3. The van der Waals surface area contributed by atoms with Gasteiger partial charge in [0.2, 0.25) is 0 Å². The first-order valence-corrected chi connectivity index (χ1v) is 10.0. The molecule has 0 spiro atoms. The van der Waals surface area contributed by atoms with E-state index in [4.69, 9.17) is 9.47 Å². The molecule has 0 aliphatic carbocycles. The monoisotopic (exact) mass is 470 g/mol. The van der Waals surface area contributed by atoms with Crippen molar-refractivity contribution in [1.82, 2.24) is 5.32 Å². The lowest BCUT2D eigenvalue weighted by atomic mass is 10.2. The molecule has 0 fully saturated rings. The maximum absolute atomic E-state index is 12.3. The van der Waals surface area contributed by atoms with Gasteiger partial charge in [-0.25, -0.2) is 0 Å². The number of para-hydroxylation sites is 1. The first-order valence-electron chi connectivity index (χ1n) is 10.0. The van der Waals surface area contributed by atoms with Crippen molar-refractivity contribution >= 4 is 23.5 Å². The summed E-state index contributed by atoms with van der Waals surface area (Å²) in [7, 11) is 0. The molecule has 3 aromatic carbocycles. The summed E-state index contributed by atoms with van der Waals surface area (Å²) in [6, 6.07) is 20.9. The predicted molar refractivity (Wildman–Crippen MR) is 118 cm³/mol. The maximum Gasteiger partial charge on any atom is 0.387 e. The highest BCUT2D eigenvalue weighted by Crippen LogP contribution is 2.22. The van der Waals surface area contributed by atoms with Crippen molar-refractivity contribution in [2.24, 2.45) is 0 Å². The van der Waals surface area contributed by atoms with Crippen LogP contribution in [0.4, 0.5) is 14.5 Å². The lowest BCUT2D eigenvalue weighted by Gasteiger charge is -2.09. The van der Waals surface area contributed by atoms with E-state index in [1.54, 1.807) is 24.3 Å². The van der Waals surface area contributed by atoms with Gasteiger partial charge in [0.25, 0.3) is 11.8 Å². The van der Waals surface area contributed by atoms with Crippen LogP contribution in [0.2, 0.25) is 0 Å². The Hall–Kier alpha value is -4.47. The zero-order chi connectivity index (χ0) is 24.3. The Bertz CT molecular complexity index is 1120. The van der Waals surface area contributed by atoms with E-state index in [9.17, 15) is 23.2 Å². The molecule has 0 aliphatic heterocycles. The van der Waals surface area contributed by atoms with Gasteiger partial charge < -0.3 is 24.8 Å². The third-order valence-corrected chi connectivity index (χ3v) is 4.20. The van der Waals surface area contributed by atoms with E-state index in [2.05, 4.69) is 15.4 Å². The first kappa shape index (κ1) is 24.2. The van der Waals surface area contributed by atoms with Crippen LogP contribution in [0.1, 0.15) is 10.4 Å². The van der Waals surface area contributed by atoms with Crippen molar-refractivity contribution in [1.29, 1.82) is 0 Å². The van der Waals surface area contributed by atoms with Crippen LogP contribution >= 0.6 is 0 Å². The molecular weight excluding hydrogens is 450 g/mol. The van der Waals surface area contributed by atoms with E-state index in [0.29, 0.717) is 17.2 Å². The summed E-state index contributed by atoms with van der Waals surface area (Å²) < 4.78 is 39.3. The van der Waals surface area contributed by atoms with Crippen LogP contribution in [0.3, 0.4) is 0 Å². The first-order chi connectivity index (χ1) is 16.4. The van der Waals surface area contributed by atoms with Crippen molar-refractivity contribution in [3.8, 4) is 17.2 Å². The van der Waals surface area contributed by atoms with E-state index in [-0.39, 0.29) is 11.3 Å². The fourth-order valence-corrected chi connectivity index (χ4v) is 2.69. The fraction of sp³-hybridized carbons (Fsp3) is 0.125. The molecule has 0 radical (unpaired) electrons. The Morgan fingerprint density at radius 1 is 0.824 bits per heavy atom. The smallest absolute Gasteiger partial charge is 0.387 e. The molecule has 0 bridgehead atoms. The highest BCUT2D eigenvalue weighted by Gasteiger charge is 2.13. The van der Waals surface area contributed by atoms with Crippen molar-refractivity contribution in [2.45, 2.75) is 6.61 Å². The van der Waals surface area contributed by atoms with Gasteiger partial charge in [-0.3, -0.25) is 14.4 Å². The van der Waals surface area contributed by atoms with Gasteiger partial charge in [0, 0.05) is 11.3 Å². The van der Waals surface area contributed by atoms with E-state index < -0.39 is 37.5 Å². The number of rotatable bonds is 10. The lowest BCUT2D eigenvalue weighted by Crippen LogP contribution is -2.32. The Kier molecular flexibility index (Phi) is 8.50. The molecule has 34 heavy (non-hydrogen) atoms. The van der Waals surface area contributed by atoms with Gasteiger partial charge in [0.05, 0.1) is 0 Å². The van der Waals surface area contributed by atoms with Crippen molar-refractivity contribution < 1.29 is 37.4 Å². The van der Waals surface area contributed by atoms with Crippen LogP contribution in [0.25, 0.3) is 0 Å². The molecule has 10 heteroatoms. The number of hydrogen-bond donors (Lipinski definition) is 2. The van der Waals surface area contributed by atoms with Crippen LogP contribution in [0.5, 0.6) is 17.2 Å². The van der Waals surface area contributed by atoms with Crippen LogP contribution in [-0.2, 0) is 14.3 Å². The van der Waals surface area contributed by atoms with E-state index in [1.807, 2.05) is 30.3 Å². The number of ether oxygens (including phenoxy) is 3. The fourth-order valence-electron chi connectivity index (χ4n) is 2.69. The molecule has 0 saturated heterocycles. The van der Waals surface area contributed by atoms with E-state index in [1.165, 1.54) is 18.2 Å². The summed E-state index contributed by atoms with van der Waals surface area (Å²) in [5.41, 5.74) is 0.490. The number of carbonyl (C=O) groups is 3. The number of amides is 2. The highest BCUT2D eigenvalue weighted by molar-refractivity contribution is 5.97. The summed E-state index contributed by atoms with van der Waals surface area (Å²) in [4.78, 5) is 35.9. The molecule has 176 valence electrons. The third-order valence-electron chi connectivity index (χ3n) is 4.20. The van der Waals surface area contributed by atoms with Gasteiger partial charge in [-0.2, -0.15) is 8.78 Å². The Balaban J connectivity index is 1.39. The molecular formula is C24H20F2N2O6. The summed E-state index contributed by atoms with van der Waals surface area (Å²) in [6.07, 6.45) is 0. The Labute approximate surface area is 193 Å². The number of nitrogens with one attached hydrogen (secondary N) is 2. The molecule has 0 saturated carbocycles. The number of hydrogen-bond acceptors (Lipinski definition) is 6. The third kappa shape index (κ3) is 7.90. The molecule has 2 amide bonds. The number of halogens is 2. The average Bonchev–Trinajstić information content (AvgIpc) is 2.83. The molecule has 0 unspecified atom stereocenters. The van der Waals surface area contributed by atoms with Gasteiger partial charge >= 0.3 is 12.6 Å². The minimum atomic E-state index is -3.03. The zero-order valence-electron chi connectivity index (χ0n) is 17.7. The summed E-state index contributed by atoms with van der Waals surface area (Å²) in [6.45, 7) is -4.10. The molecule has 2 N–H and O–H groups in total. The second-order valence-corrected chi connectivity index (χ2v) is 6.74. The van der Waals surface area contributed by atoms with Crippen LogP contribution in [0, 0.1) is 0 Å². The molecule has 0 aliphatic rings. The number of anilines is 1. The van der Waals surface area contributed by atoms with Gasteiger partial charge in [-0.15, -0.1) is 0 Å². The van der Waals surface area contributed by atoms with Gasteiger partial charge in [-0.1, -0.05) is 24.3 Å². The van der Waals surface area contributed by atoms with Crippen LogP contribution in [-0.4, -0.2) is 37.5 Å². The minimum Gasteiger partial charge on any atom is -0.457 e. The van der Waals surface area contributed by atoms with Gasteiger partial charge in [0.15, 0.2) is 6.61 Å². The highest BCUT2D eigenvalue weighted by atomic mass is 19.3. The van der Waals surface area contributed by atoms with E-state index in [0.717, 1.165) is 6.07 Å². The maximum atomic E-state index is 12.3. The number of benzene rings is 3. The number of alkyl halides is 2. The second-order valence-electron chi connectivity index (χ2n) is 6.74. The van der Waals surface area contributed by atoms with E-state index >= 15 is 0 Å². The second kappa shape index (κ2) is 12.0. The topological polar surface area (TPSA) is 103 Å². The summed E-state index contributed by atoms with van der Waals surface area (Å²) in [5, 5.41) is 4.84. The van der Waals surface area contributed by atoms with Gasteiger partial charge in [-0.05, 0) is 54.6 Å². The molecule has 3 aromatic rings. The predicted octanol–water partition coefficient (Wildman–Crippen LogP) is 3.99. The molecule has 8 nitrogen and oxygen atoms in total. The van der Waals surface area contributed by atoms with Gasteiger partial charge in [0.1, 0.15) is 23.8 Å². The lowest BCUT2D eigenvalue weighted by molar-refractivity contribution is -0.146. The Morgan fingerprint density at radius 2 is 1.50 bits per heavy atom. The number of carbonyl (C=O) groups excluding carboxylic acids is 3. The quantitative estimate of drug-likeness (QED) is 0.435.